The van der Waals surface area contributed by atoms with Gasteiger partial charge in [-0.2, -0.15) is 9.98 Å². The van der Waals surface area contributed by atoms with Crippen LogP contribution in [0.15, 0.2) is 0 Å². The van der Waals surface area contributed by atoms with Gasteiger partial charge in [0.05, 0.1) is 11.3 Å². The molecule has 0 aromatic carbocycles. The minimum Gasteiger partial charge on any atom is -0.381 e. The highest BCUT2D eigenvalue weighted by molar-refractivity contribution is 7.90. The zero-order chi connectivity index (χ0) is 12.2. The lowest BCUT2D eigenvalue weighted by Crippen LogP contribution is -2.49. The normalized spacial score (nSPS) is 22.3. The largest absolute Gasteiger partial charge is 0.381 e. The third kappa shape index (κ3) is 3.17. The molecule has 1 atom stereocenters. The summed E-state index contributed by atoms with van der Waals surface area (Å²) < 4.78 is 31.6. The highest BCUT2D eigenvalue weighted by atomic mass is 32.2. The minimum absolute atomic E-state index is 0.430. The molecule has 0 amide bonds. The van der Waals surface area contributed by atoms with Gasteiger partial charge in [0.15, 0.2) is 0 Å². The Morgan fingerprint density at radius 1 is 1.50 bits per heavy atom. The van der Waals surface area contributed by atoms with Gasteiger partial charge in [-0.15, -0.1) is 0 Å². The van der Waals surface area contributed by atoms with Crippen LogP contribution < -0.4 is 4.72 Å². The van der Waals surface area contributed by atoms with Crippen molar-refractivity contribution in [3.8, 4) is 6.07 Å². The third-order valence-corrected chi connectivity index (χ3v) is 5.01. The van der Waals surface area contributed by atoms with Gasteiger partial charge in [0.2, 0.25) is 10.0 Å². The molecule has 1 rings (SSSR count). The van der Waals surface area contributed by atoms with Crippen LogP contribution >= 0.6 is 0 Å². The van der Waals surface area contributed by atoms with Crippen molar-refractivity contribution >= 4 is 10.0 Å². The first-order valence-corrected chi connectivity index (χ1v) is 7.00. The van der Waals surface area contributed by atoms with Crippen LogP contribution in [0.5, 0.6) is 0 Å². The molecule has 0 aromatic rings. The van der Waals surface area contributed by atoms with Gasteiger partial charge in [-0.1, -0.05) is 6.92 Å². The van der Waals surface area contributed by atoms with Crippen LogP contribution in [-0.4, -0.2) is 32.4 Å². The second-order valence-electron chi connectivity index (χ2n) is 4.26. The monoisotopic (exact) mass is 246 g/mol. The minimum atomic E-state index is -3.42. The van der Waals surface area contributed by atoms with Gasteiger partial charge in [0, 0.05) is 13.2 Å². The first kappa shape index (κ1) is 13.4. The molecule has 1 heterocycles. The molecule has 1 aliphatic heterocycles. The van der Waals surface area contributed by atoms with Crippen molar-refractivity contribution in [2.75, 3.05) is 13.2 Å². The molecule has 1 aliphatic rings. The molecule has 16 heavy (non-hydrogen) atoms. The number of nitrogens with zero attached hydrogens (tertiary/aromatic N) is 1. The van der Waals surface area contributed by atoms with Gasteiger partial charge in [0.1, 0.15) is 5.54 Å². The van der Waals surface area contributed by atoms with E-state index in [9.17, 15) is 8.42 Å². The average molecular weight is 246 g/mol. The summed E-state index contributed by atoms with van der Waals surface area (Å²) in [6.45, 7) is 4.33. The molecule has 1 fully saturated rings. The predicted molar refractivity (Wildman–Crippen MR) is 60.2 cm³/mol. The zero-order valence-electron chi connectivity index (χ0n) is 9.69. The number of hydrogen-bond acceptors (Lipinski definition) is 4. The maximum Gasteiger partial charge on any atom is 0.216 e. The molecule has 1 unspecified atom stereocenters. The van der Waals surface area contributed by atoms with Crippen molar-refractivity contribution < 1.29 is 13.2 Å². The molecule has 0 aromatic heterocycles. The fourth-order valence-corrected chi connectivity index (χ4v) is 3.36. The van der Waals surface area contributed by atoms with E-state index in [4.69, 9.17) is 10.00 Å². The van der Waals surface area contributed by atoms with Gasteiger partial charge in [-0.05, 0) is 26.2 Å². The molecular weight excluding hydrogens is 228 g/mol. The zero-order valence-corrected chi connectivity index (χ0v) is 10.5. The summed E-state index contributed by atoms with van der Waals surface area (Å²) in [6, 6.07) is 2.00. The standard InChI is InChI=1S/C10H18N2O3S/c1-3-10(2,8-11)12-16(13,14)9-4-6-15-7-5-9/h9,12H,3-7H2,1-2H3. The van der Waals surface area contributed by atoms with E-state index < -0.39 is 20.8 Å². The maximum atomic E-state index is 12.0. The molecule has 92 valence electrons. The second-order valence-corrected chi connectivity index (χ2v) is 6.22. The lowest BCUT2D eigenvalue weighted by atomic mass is 10.0. The molecule has 0 aliphatic carbocycles. The summed E-state index contributed by atoms with van der Waals surface area (Å²) >= 11 is 0. The van der Waals surface area contributed by atoms with E-state index in [1.54, 1.807) is 13.8 Å². The van der Waals surface area contributed by atoms with Crippen LogP contribution in [0.1, 0.15) is 33.1 Å². The van der Waals surface area contributed by atoms with Crippen molar-refractivity contribution in [1.29, 1.82) is 5.26 Å². The molecule has 6 heteroatoms. The quantitative estimate of drug-likeness (QED) is 0.795. The van der Waals surface area contributed by atoms with Crippen LogP contribution in [0, 0.1) is 11.3 Å². The Morgan fingerprint density at radius 2 is 2.06 bits per heavy atom. The summed E-state index contributed by atoms with van der Waals surface area (Å²) in [7, 11) is -3.42. The Morgan fingerprint density at radius 3 is 2.50 bits per heavy atom. The van der Waals surface area contributed by atoms with Crippen molar-refractivity contribution in [3.63, 3.8) is 0 Å². The van der Waals surface area contributed by atoms with Gasteiger partial charge < -0.3 is 4.74 Å². The van der Waals surface area contributed by atoms with Crippen molar-refractivity contribution in [2.45, 2.75) is 43.9 Å². The summed E-state index contributed by atoms with van der Waals surface area (Å²) in [5.74, 6) is 0. The van der Waals surface area contributed by atoms with Crippen LogP contribution in [0.2, 0.25) is 0 Å². The van der Waals surface area contributed by atoms with Gasteiger partial charge >= 0.3 is 0 Å². The Labute approximate surface area is 96.8 Å². The summed E-state index contributed by atoms with van der Waals surface area (Å²) in [5, 5.41) is 8.52. The average Bonchev–Trinajstić information content (AvgIpc) is 2.29. The van der Waals surface area contributed by atoms with E-state index in [1.807, 2.05) is 6.07 Å². The molecule has 1 N–H and O–H groups in total. The molecule has 0 saturated carbocycles. The SMILES string of the molecule is CCC(C)(C#N)NS(=O)(=O)C1CCOCC1. The number of nitriles is 1. The summed E-state index contributed by atoms with van der Waals surface area (Å²) in [5.41, 5.74) is -1.00. The van der Waals surface area contributed by atoms with Crippen molar-refractivity contribution in [2.24, 2.45) is 0 Å². The van der Waals surface area contributed by atoms with Crippen LogP contribution in [0.25, 0.3) is 0 Å². The first-order chi connectivity index (χ1) is 7.43. The summed E-state index contributed by atoms with van der Waals surface area (Å²) in [6.07, 6.45) is 1.45. The fraction of sp³-hybridized carbons (Fsp3) is 0.900. The van der Waals surface area contributed by atoms with E-state index in [1.165, 1.54) is 0 Å². The van der Waals surface area contributed by atoms with Crippen LogP contribution in [-0.2, 0) is 14.8 Å². The number of nitrogens with one attached hydrogen (secondary N) is 1. The molecular formula is C10H18N2O3S. The van der Waals surface area contributed by atoms with E-state index >= 15 is 0 Å². The van der Waals surface area contributed by atoms with E-state index in [0.717, 1.165) is 0 Å². The Hall–Kier alpha value is -0.640. The number of ether oxygens (including phenoxy) is 1. The second kappa shape index (κ2) is 5.13. The van der Waals surface area contributed by atoms with Crippen molar-refractivity contribution in [3.05, 3.63) is 0 Å². The highest BCUT2D eigenvalue weighted by Crippen LogP contribution is 2.18. The Balaban J connectivity index is 2.75. The smallest absolute Gasteiger partial charge is 0.216 e. The van der Waals surface area contributed by atoms with Crippen LogP contribution in [0.3, 0.4) is 0 Å². The molecule has 0 bridgehead atoms. The van der Waals surface area contributed by atoms with Gasteiger partial charge in [-0.25, -0.2) is 8.42 Å². The highest BCUT2D eigenvalue weighted by Gasteiger charge is 2.34. The van der Waals surface area contributed by atoms with E-state index in [-0.39, 0.29) is 0 Å². The molecule has 0 spiro atoms. The van der Waals surface area contributed by atoms with Crippen LogP contribution in [0.4, 0.5) is 0 Å². The molecule has 5 nitrogen and oxygen atoms in total. The lowest BCUT2D eigenvalue weighted by molar-refractivity contribution is 0.0980. The number of rotatable bonds is 4. The number of hydrogen-bond donors (Lipinski definition) is 1. The van der Waals surface area contributed by atoms with E-state index in [2.05, 4.69) is 4.72 Å². The first-order valence-electron chi connectivity index (χ1n) is 5.45. The molecule has 1 saturated heterocycles. The Bertz CT molecular complexity index is 368. The lowest BCUT2D eigenvalue weighted by Gasteiger charge is -2.27. The fourth-order valence-electron chi connectivity index (χ4n) is 1.56. The maximum absolute atomic E-state index is 12.0. The Kier molecular flexibility index (Phi) is 4.30. The van der Waals surface area contributed by atoms with Crippen molar-refractivity contribution in [1.82, 2.24) is 4.72 Å². The third-order valence-electron chi connectivity index (χ3n) is 2.93. The van der Waals surface area contributed by atoms with Gasteiger partial charge in [0.25, 0.3) is 0 Å². The molecule has 0 radical (unpaired) electrons. The number of sulfonamides is 1. The van der Waals surface area contributed by atoms with E-state index in [0.29, 0.717) is 32.5 Å². The summed E-state index contributed by atoms with van der Waals surface area (Å²) in [4.78, 5) is 0. The topological polar surface area (TPSA) is 79.2 Å². The van der Waals surface area contributed by atoms with Gasteiger partial charge in [-0.3, -0.25) is 0 Å². The predicted octanol–water partition coefficient (Wildman–Crippen LogP) is 0.777.